The molecule has 0 radical (unpaired) electrons. The highest BCUT2D eigenvalue weighted by molar-refractivity contribution is 5.71. The smallest absolute Gasteiger partial charge is 0.0391 e. The Balaban J connectivity index is 1.99. The SMILES string of the molecule is Cc1cc(N)c(/C=C/CNc2cccc(N)c2)cc1N. The van der Waals surface area contributed by atoms with Crippen molar-refractivity contribution in [3.63, 3.8) is 0 Å². The van der Waals surface area contributed by atoms with Crippen molar-refractivity contribution in [2.75, 3.05) is 29.1 Å². The Labute approximate surface area is 119 Å². The zero-order chi connectivity index (χ0) is 14.5. The number of anilines is 4. The van der Waals surface area contributed by atoms with Gasteiger partial charge in [-0.3, -0.25) is 0 Å². The summed E-state index contributed by atoms with van der Waals surface area (Å²) in [5, 5.41) is 3.26. The number of rotatable bonds is 4. The molecule has 0 aliphatic rings. The van der Waals surface area contributed by atoms with Gasteiger partial charge in [-0.1, -0.05) is 18.2 Å². The standard InChI is InChI=1S/C16H20N4/c1-11-8-16(19)12(9-15(11)18)4-3-7-20-14-6-2-5-13(17)10-14/h2-6,8-10,20H,7,17-19H2,1H3/b4-3+. The highest BCUT2D eigenvalue weighted by atomic mass is 14.9. The quantitative estimate of drug-likeness (QED) is 0.642. The van der Waals surface area contributed by atoms with E-state index in [-0.39, 0.29) is 0 Å². The second-order valence-corrected chi connectivity index (χ2v) is 4.75. The number of nitrogens with one attached hydrogen (secondary N) is 1. The summed E-state index contributed by atoms with van der Waals surface area (Å²) in [6.07, 6.45) is 3.97. The van der Waals surface area contributed by atoms with Gasteiger partial charge in [-0.05, 0) is 48.4 Å². The summed E-state index contributed by atoms with van der Waals surface area (Å²) in [4.78, 5) is 0. The third kappa shape index (κ3) is 3.45. The maximum absolute atomic E-state index is 5.96. The molecular formula is C16H20N4. The zero-order valence-corrected chi connectivity index (χ0v) is 11.6. The van der Waals surface area contributed by atoms with E-state index >= 15 is 0 Å². The fourth-order valence-corrected chi connectivity index (χ4v) is 1.92. The Morgan fingerprint density at radius 2 is 1.85 bits per heavy atom. The molecule has 2 aromatic rings. The van der Waals surface area contributed by atoms with Gasteiger partial charge >= 0.3 is 0 Å². The Morgan fingerprint density at radius 1 is 1.05 bits per heavy atom. The van der Waals surface area contributed by atoms with Crippen LogP contribution in [0.25, 0.3) is 6.08 Å². The molecule has 4 heteroatoms. The lowest BCUT2D eigenvalue weighted by Gasteiger charge is -2.06. The molecule has 4 nitrogen and oxygen atoms in total. The molecule has 0 saturated heterocycles. The molecule has 0 atom stereocenters. The molecule has 0 fully saturated rings. The predicted molar refractivity (Wildman–Crippen MR) is 88.4 cm³/mol. The molecule has 2 rings (SSSR count). The lowest BCUT2D eigenvalue weighted by molar-refractivity contribution is 1.34. The van der Waals surface area contributed by atoms with Crippen LogP contribution in [-0.2, 0) is 0 Å². The zero-order valence-electron chi connectivity index (χ0n) is 11.6. The van der Waals surface area contributed by atoms with Crippen LogP contribution in [0.15, 0.2) is 42.5 Å². The summed E-state index contributed by atoms with van der Waals surface area (Å²) in [6.45, 7) is 2.64. The summed E-state index contributed by atoms with van der Waals surface area (Å²) in [6, 6.07) is 11.4. The summed E-state index contributed by atoms with van der Waals surface area (Å²) in [5.41, 5.74) is 22.7. The van der Waals surface area contributed by atoms with Crippen LogP contribution in [0.4, 0.5) is 22.7 Å². The topological polar surface area (TPSA) is 90.1 Å². The van der Waals surface area contributed by atoms with Gasteiger partial charge in [0.25, 0.3) is 0 Å². The van der Waals surface area contributed by atoms with Crippen molar-refractivity contribution in [3.05, 3.63) is 53.6 Å². The van der Waals surface area contributed by atoms with E-state index in [9.17, 15) is 0 Å². The van der Waals surface area contributed by atoms with Crippen molar-refractivity contribution in [2.24, 2.45) is 0 Å². The van der Waals surface area contributed by atoms with Crippen LogP contribution >= 0.6 is 0 Å². The highest BCUT2D eigenvalue weighted by Crippen LogP contribution is 2.21. The normalized spacial score (nSPS) is 10.8. The Kier molecular flexibility index (Phi) is 4.15. The molecule has 0 saturated carbocycles. The van der Waals surface area contributed by atoms with Crippen molar-refractivity contribution < 1.29 is 0 Å². The molecule has 0 heterocycles. The molecule has 0 aromatic heterocycles. The van der Waals surface area contributed by atoms with Crippen LogP contribution < -0.4 is 22.5 Å². The molecule has 2 aromatic carbocycles. The van der Waals surface area contributed by atoms with E-state index in [0.717, 1.165) is 33.9 Å². The summed E-state index contributed by atoms with van der Waals surface area (Å²) in [7, 11) is 0. The summed E-state index contributed by atoms with van der Waals surface area (Å²) < 4.78 is 0. The molecule has 104 valence electrons. The molecule has 0 aliphatic carbocycles. The van der Waals surface area contributed by atoms with Gasteiger partial charge in [0.15, 0.2) is 0 Å². The third-order valence-electron chi connectivity index (χ3n) is 3.08. The van der Waals surface area contributed by atoms with Gasteiger partial charge in [0.2, 0.25) is 0 Å². The summed E-state index contributed by atoms with van der Waals surface area (Å²) >= 11 is 0. The Hall–Kier alpha value is -2.62. The largest absolute Gasteiger partial charge is 0.399 e. The van der Waals surface area contributed by atoms with Crippen molar-refractivity contribution >= 4 is 28.8 Å². The second kappa shape index (κ2) is 6.02. The van der Waals surface area contributed by atoms with E-state index < -0.39 is 0 Å². The van der Waals surface area contributed by atoms with Crippen molar-refractivity contribution in [1.82, 2.24) is 0 Å². The number of hydrogen-bond acceptors (Lipinski definition) is 4. The highest BCUT2D eigenvalue weighted by Gasteiger charge is 1.99. The molecule has 0 aliphatic heterocycles. The monoisotopic (exact) mass is 268 g/mol. The third-order valence-corrected chi connectivity index (χ3v) is 3.08. The molecule has 0 bridgehead atoms. The van der Waals surface area contributed by atoms with Gasteiger partial charge in [0.1, 0.15) is 0 Å². The maximum atomic E-state index is 5.96. The molecular weight excluding hydrogens is 248 g/mol. The van der Waals surface area contributed by atoms with Crippen molar-refractivity contribution in [3.8, 4) is 0 Å². The minimum Gasteiger partial charge on any atom is -0.399 e. The van der Waals surface area contributed by atoms with Crippen LogP contribution in [-0.4, -0.2) is 6.54 Å². The van der Waals surface area contributed by atoms with E-state index in [1.807, 2.05) is 55.5 Å². The van der Waals surface area contributed by atoms with E-state index in [1.54, 1.807) is 0 Å². The van der Waals surface area contributed by atoms with Crippen LogP contribution in [0.2, 0.25) is 0 Å². The fourth-order valence-electron chi connectivity index (χ4n) is 1.92. The first kappa shape index (κ1) is 13.8. The molecule has 0 amide bonds. The van der Waals surface area contributed by atoms with Crippen molar-refractivity contribution in [1.29, 1.82) is 0 Å². The molecule has 20 heavy (non-hydrogen) atoms. The minimum absolute atomic E-state index is 0.691. The first-order valence-electron chi connectivity index (χ1n) is 6.48. The lowest BCUT2D eigenvalue weighted by atomic mass is 10.1. The van der Waals surface area contributed by atoms with Crippen LogP contribution in [0.1, 0.15) is 11.1 Å². The van der Waals surface area contributed by atoms with Crippen molar-refractivity contribution in [2.45, 2.75) is 6.92 Å². The average molecular weight is 268 g/mol. The fraction of sp³-hybridized carbons (Fsp3) is 0.125. The lowest BCUT2D eigenvalue weighted by Crippen LogP contribution is -1.99. The van der Waals surface area contributed by atoms with E-state index in [4.69, 9.17) is 17.2 Å². The van der Waals surface area contributed by atoms with Crippen LogP contribution in [0.5, 0.6) is 0 Å². The van der Waals surface area contributed by atoms with E-state index in [0.29, 0.717) is 6.54 Å². The molecule has 7 N–H and O–H groups in total. The number of nitrogens with two attached hydrogens (primary N) is 3. The number of hydrogen-bond donors (Lipinski definition) is 4. The molecule has 0 spiro atoms. The first-order chi connectivity index (χ1) is 9.56. The number of nitrogen functional groups attached to an aromatic ring is 3. The second-order valence-electron chi connectivity index (χ2n) is 4.75. The summed E-state index contributed by atoms with van der Waals surface area (Å²) in [5.74, 6) is 0. The average Bonchev–Trinajstić information content (AvgIpc) is 2.40. The van der Waals surface area contributed by atoms with Gasteiger partial charge in [0, 0.05) is 29.3 Å². The van der Waals surface area contributed by atoms with Gasteiger partial charge < -0.3 is 22.5 Å². The number of benzene rings is 2. The van der Waals surface area contributed by atoms with Crippen LogP contribution in [0.3, 0.4) is 0 Å². The number of aryl methyl sites for hydroxylation is 1. The van der Waals surface area contributed by atoms with E-state index in [2.05, 4.69) is 5.32 Å². The first-order valence-corrected chi connectivity index (χ1v) is 6.48. The van der Waals surface area contributed by atoms with Gasteiger partial charge in [-0.25, -0.2) is 0 Å². The maximum Gasteiger partial charge on any atom is 0.0391 e. The van der Waals surface area contributed by atoms with Gasteiger partial charge in [-0.2, -0.15) is 0 Å². The van der Waals surface area contributed by atoms with Crippen LogP contribution in [0, 0.1) is 6.92 Å². The Morgan fingerprint density at radius 3 is 2.60 bits per heavy atom. The minimum atomic E-state index is 0.691. The van der Waals surface area contributed by atoms with Gasteiger partial charge in [0.05, 0.1) is 0 Å². The van der Waals surface area contributed by atoms with Gasteiger partial charge in [-0.15, -0.1) is 0 Å². The Bertz CT molecular complexity index is 632. The van der Waals surface area contributed by atoms with E-state index in [1.165, 1.54) is 0 Å². The molecule has 0 unspecified atom stereocenters. The predicted octanol–water partition coefficient (Wildman–Crippen LogP) is 2.87.